The third-order valence-corrected chi connectivity index (χ3v) is 13.8. The molecule has 0 radical (unpaired) electrons. The highest BCUT2D eigenvalue weighted by Gasteiger charge is 2.44. The Balaban J connectivity index is 0.784. The molecule has 3 atom stereocenters. The van der Waals surface area contributed by atoms with E-state index in [1.54, 1.807) is 23.3 Å². The predicted octanol–water partition coefficient (Wildman–Crippen LogP) is 7.98. The van der Waals surface area contributed by atoms with Gasteiger partial charge in [0.1, 0.15) is 24.4 Å². The van der Waals surface area contributed by atoms with Gasteiger partial charge < -0.3 is 49.2 Å². The van der Waals surface area contributed by atoms with Crippen LogP contribution < -0.4 is 15.4 Å². The summed E-state index contributed by atoms with van der Waals surface area (Å²) in [6.07, 6.45) is 0.392. The van der Waals surface area contributed by atoms with E-state index in [9.17, 15) is 24.3 Å². The van der Waals surface area contributed by atoms with E-state index in [-0.39, 0.29) is 69.9 Å². The second-order valence-corrected chi connectivity index (χ2v) is 20.4. The Bertz CT molecular complexity index is 2590. The van der Waals surface area contributed by atoms with E-state index >= 15 is 0 Å². The molecule has 1 aromatic heterocycles. The van der Waals surface area contributed by atoms with Crippen molar-refractivity contribution in [3.8, 4) is 16.2 Å². The molecule has 1 saturated heterocycles. The number of aliphatic hydroxyl groups excluding tert-OH is 1. The van der Waals surface area contributed by atoms with Gasteiger partial charge in [0.2, 0.25) is 23.6 Å². The maximum Gasteiger partial charge on any atom is 0.246 e. The molecule has 402 valence electrons. The Hall–Kier alpha value is -6.27. The molecule has 2 heterocycles. The lowest BCUT2D eigenvalue weighted by Crippen LogP contribution is -2.57. The number of rotatable bonds is 29. The first kappa shape index (κ1) is 58.0. The van der Waals surface area contributed by atoms with Crippen molar-refractivity contribution in [2.45, 2.75) is 85.0 Å². The molecule has 75 heavy (non-hydrogen) atoms. The van der Waals surface area contributed by atoms with Gasteiger partial charge in [0.25, 0.3) is 0 Å². The first-order chi connectivity index (χ1) is 36.2. The number of β-amino-alcohol motifs (C(OH)–C–C–N with tert-alkyl or cyclic N) is 1. The molecule has 0 aliphatic carbocycles. The number of nitrogens with one attached hydrogen (secondary N) is 2. The molecule has 0 spiro atoms. The van der Waals surface area contributed by atoms with Gasteiger partial charge in [0, 0.05) is 33.0 Å². The van der Waals surface area contributed by atoms with Crippen LogP contribution >= 0.6 is 11.3 Å². The molecular weight excluding hydrogens is 971 g/mol. The molecule has 3 N–H and O–H groups in total. The molecule has 5 aromatic rings. The fourth-order valence-electron chi connectivity index (χ4n) is 8.72. The van der Waals surface area contributed by atoms with Crippen LogP contribution in [0.4, 0.5) is 0 Å². The van der Waals surface area contributed by atoms with Gasteiger partial charge in [-0.25, -0.2) is 4.98 Å². The predicted molar refractivity (Wildman–Crippen MR) is 293 cm³/mol. The summed E-state index contributed by atoms with van der Waals surface area (Å²) in [4.78, 5) is 61.6. The van der Waals surface area contributed by atoms with Gasteiger partial charge in [-0.1, -0.05) is 125 Å². The second-order valence-electron chi connectivity index (χ2n) is 19.5. The number of hydrogen-bond acceptors (Lipinski definition) is 12. The van der Waals surface area contributed by atoms with Crippen molar-refractivity contribution in [2.24, 2.45) is 5.41 Å². The average Bonchev–Trinajstić information content (AvgIpc) is 4.04. The van der Waals surface area contributed by atoms with Gasteiger partial charge in [-0.15, -0.1) is 11.3 Å². The first-order valence-corrected chi connectivity index (χ1v) is 26.8. The van der Waals surface area contributed by atoms with Crippen molar-refractivity contribution in [1.82, 2.24) is 25.4 Å². The van der Waals surface area contributed by atoms with E-state index in [4.69, 9.17) is 23.7 Å². The summed E-state index contributed by atoms with van der Waals surface area (Å²) < 4.78 is 28.4. The minimum atomic E-state index is -0.933. The number of amides is 4. The maximum atomic E-state index is 14.0. The monoisotopic (exact) mass is 1050 g/mol. The highest BCUT2D eigenvalue weighted by Crippen LogP contribution is 2.35. The van der Waals surface area contributed by atoms with Gasteiger partial charge in [-0.3, -0.25) is 19.2 Å². The third-order valence-electron chi connectivity index (χ3n) is 12.9. The number of thiazole rings is 1. The van der Waals surface area contributed by atoms with Gasteiger partial charge in [0.05, 0.1) is 88.0 Å². The smallest absolute Gasteiger partial charge is 0.246 e. The van der Waals surface area contributed by atoms with E-state index in [1.165, 1.54) is 21.6 Å². The van der Waals surface area contributed by atoms with E-state index < -0.39 is 29.5 Å². The normalized spacial score (nSPS) is 15.3. The number of nitrogens with zero attached hydrogens (tertiary/aromatic N) is 3. The Morgan fingerprint density at radius 1 is 0.760 bits per heavy atom. The summed E-state index contributed by atoms with van der Waals surface area (Å²) >= 11 is 1.57. The fraction of sp³-hybridized carbons (Fsp3) is 0.441. The highest BCUT2D eigenvalue weighted by atomic mass is 32.1. The van der Waals surface area contributed by atoms with E-state index in [0.717, 1.165) is 45.0 Å². The fourth-order valence-corrected chi connectivity index (χ4v) is 9.53. The lowest BCUT2D eigenvalue weighted by atomic mass is 9.85. The van der Waals surface area contributed by atoms with E-state index in [0.29, 0.717) is 46.2 Å². The van der Waals surface area contributed by atoms with E-state index in [1.807, 2.05) is 81.7 Å². The molecule has 1 aliphatic rings. The summed E-state index contributed by atoms with van der Waals surface area (Å²) in [5.74, 6) is -0.451. The van der Waals surface area contributed by atoms with Crippen molar-refractivity contribution in [1.29, 1.82) is 0 Å². The number of aliphatic hydroxyl groups is 1. The number of likely N-dealkylation sites (N-methyl/N-ethyl adjacent to an activating group) is 1. The van der Waals surface area contributed by atoms with Crippen molar-refractivity contribution in [2.75, 3.05) is 79.6 Å². The Labute approximate surface area is 446 Å². The summed E-state index contributed by atoms with van der Waals surface area (Å²) in [6.45, 7) is 13.1. The van der Waals surface area contributed by atoms with Crippen molar-refractivity contribution in [3.05, 3.63) is 143 Å². The number of aryl methyl sites for hydroxylation is 1. The lowest BCUT2D eigenvalue weighted by Gasteiger charge is -2.35. The molecule has 0 bridgehead atoms. The van der Waals surface area contributed by atoms with Crippen LogP contribution in [0.25, 0.3) is 21.6 Å². The SMILES string of the molecule is CC/C(=C(\c1ccccc1)c1ccc(OCCN(C)C(=O)CCOCCOCCOCCOCCC(=O)N[C@H](C(=O)N2C[C@H](O)C[C@H]2C(=O)NCc2ccc(-c3scnc3C)cc2)C(C)(C)C)cc1)c1ccccc1. The van der Waals surface area contributed by atoms with Crippen LogP contribution in [0.3, 0.4) is 0 Å². The number of likely N-dealkylation sites (tertiary alicyclic amines) is 1. The van der Waals surface area contributed by atoms with Crippen LogP contribution in [0, 0.1) is 12.3 Å². The summed E-state index contributed by atoms with van der Waals surface area (Å²) in [7, 11) is 1.76. The molecule has 15 nitrogen and oxygen atoms in total. The Morgan fingerprint density at radius 3 is 1.91 bits per heavy atom. The molecule has 6 rings (SSSR count). The first-order valence-electron chi connectivity index (χ1n) is 25.9. The highest BCUT2D eigenvalue weighted by molar-refractivity contribution is 7.13. The molecule has 0 saturated carbocycles. The van der Waals surface area contributed by atoms with Crippen LogP contribution in [0.2, 0.25) is 0 Å². The number of carbonyl (C=O) groups is 4. The molecule has 1 fully saturated rings. The van der Waals surface area contributed by atoms with Gasteiger partial charge in [-0.2, -0.15) is 0 Å². The van der Waals surface area contributed by atoms with Crippen molar-refractivity contribution < 1.29 is 48.0 Å². The molecule has 16 heteroatoms. The number of carbonyl (C=O) groups excluding carboxylic acids is 4. The minimum Gasteiger partial charge on any atom is -0.492 e. The molecular formula is C59H75N5O10S. The van der Waals surface area contributed by atoms with E-state index in [2.05, 4.69) is 83.2 Å². The number of allylic oxidation sites excluding steroid dienone is 1. The molecule has 4 amide bonds. The van der Waals surface area contributed by atoms with Crippen molar-refractivity contribution >= 4 is 46.1 Å². The van der Waals surface area contributed by atoms with Gasteiger partial charge in [0.15, 0.2) is 0 Å². The summed E-state index contributed by atoms with van der Waals surface area (Å²) in [6, 6.07) is 35.2. The number of ether oxygens (including phenoxy) is 5. The third kappa shape index (κ3) is 17.9. The topological polar surface area (TPSA) is 178 Å². The van der Waals surface area contributed by atoms with Gasteiger partial charge >= 0.3 is 0 Å². The maximum absolute atomic E-state index is 14.0. The lowest BCUT2D eigenvalue weighted by molar-refractivity contribution is -0.144. The minimum absolute atomic E-state index is 0.00763. The molecule has 0 unspecified atom stereocenters. The largest absolute Gasteiger partial charge is 0.492 e. The average molecular weight is 1050 g/mol. The van der Waals surface area contributed by atoms with Crippen LogP contribution in [0.5, 0.6) is 5.75 Å². The second kappa shape index (κ2) is 29.7. The quantitative estimate of drug-likeness (QED) is 0.0313. The van der Waals surface area contributed by atoms with Crippen LogP contribution in [-0.2, 0) is 44.7 Å². The van der Waals surface area contributed by atoms with Gasteiger partial charge in [-0.05, 0) is 69.9 Å². The van der Waals surface area contributed by atoms with Crippen LogP contribution in [0.15, 0.2) is 115 Å². The van der Waals surface area contributed by atoms with Crippen molar-refractivity contribution in [3.63, 3.8) is 0 Å². The molecule has 4 aromatic carbocycles. The number of benzene rings is 4. The summed E-state index contributed by atoms with van der Waals surface area (Å²) in [5, 5.41) is 16.3. The zero-order chi connectivity index (χ0) is 53.6. The molecule has 1 aliphatic heterocycles. The Kier molecular flexibility index (Phi) is 23.0. The van der Waals surface area contributed by atoms with Crippen LogP contribution in [0.1, 0.15) is 81.3 Å². The standard InChI is InChI=1S/C59H75N5O10S/c1-7-50(44-14-10-8-11-15-44)54(45-16-12-9-13-17-45)46-22-24-49(25-23-46)74-31-28-63(6)53(67)27-30-71-33-35-73-37-36-72-34-32-70-29-26-52(66)62-56(59(3,4)5)58(69)64-40-48(65)38-51(64)57(68)60-39-43-18-20-47(21-19-43)55-42(2)61-41-75-55/h8-25,41,48,51,56,65H,7,26-40H2,1-6H3,(H,60,68)(H,62,66)/b54-50-/t48-,51+,56-/m1/s1. The zero-order valence-corrected chi connectivity index (χ0v) is 45.2. The number of hydrogen-bond donors (Lipinski definition) is 3. The Morgan fingerprint density at radius 2 is 1.33 bits per heavy atom. The zero-order valence-electron chi connectivity index (χ0n) is 44.4. The van der Waals surface area contributed by atoms with Crippen LogP contribution in [-0.4, -0.2) is 141 Å². The summed E-state index contributed by atoms with van der Waals surface area (Å²) in [5.41, 5.74) is 10.00. The number of aromatic nitrogens is 1.